The second-order valence-electron chi connectivity index (χ2n) is 5.86. The fourth-order valence-corrected chi connectivity index (χ4v) is 3.35. The molecule has 1 aromatic carbocycles. The van der Waals surface area contributed by atoms with Crippen LogP contribution in [0, 0.1) is 0 Å². The lowest BCUT2D eigenvalue weighted by atomic mass is 9.69. The Morgan fingerprint density at radius 1 is 1.12 bits per heavy atom. The van der Waals surface area contributed by atoms with Crippen LogP contribution in [-0.4, -0.2) is 26.3 Å². The van der Waals surface area contributed by atoms with E-state index >= 15 is 0 Å². The van der Waals surface area contributed by atoms with Crippen LogP contribution in [0.2, 0.25) is 0 Å². The van der Waals surface area contributed by atoms with Crippen LogP contribution >= 0.6 is 0 Å². The SMILES string of the molecule is O=C(O)c1n[nH]c2c1C=CC(c1ccccc1)(c1cccnc1)C2. The van der Waals surface area contributed by atoms with E-state index in [1.54, 1.807) is 6.20 Å². The van der Waals surface area contributed by atoms with Gasteiger partial charge in [0, 0.05) is 35.5 Å². The molecule has 3 aromatic rings. The van der Waals surface area contributed by atoms with Gasteiger partial charge in [-0.15, -0.1) is 0 Å². The Balaban J connectivity index is 1.90. The summed E-state index contributed by atoms with van der Waals surface area (Å²) >= 11 is 0. The fraction of sp³-hybridized carbons (Fsp3) is 0.105. The maximum atomic E-state index is 11.3. The average molecular weight is 317 g/mol. The van der Waals surface area contributed by atoms with Gasteiger partial charge in [-0.3, -0.25) is 10.1 Å². The highest BCUT2D eigenvalue weighted by atomic mass is 16.4. The van der Waals surface area contributed by atoms with Gasteiger partial charge in [0.2, 0.25) is 0 Å². The highest BCUT2D eigenvalue weighted by Crippen LogP contribution is 2.41. The molecule has 1 unspecified atom stereocenters. The molecular formula is C19H15N3O2. The van der Waals surface area contributed by atoms with E-state index in [2.05, 4.69) is 33.4 Å². The first-order valence-corrected chi connectivity index (χ1v) is 7.66. The van der Waals surface area contributed by atoms with Crippen molar-refractivity contribution >= 4 is 12.0 Å². The van der Waals surface area contributed by atoms with Gasteiger partial charge in [0.05, 0.1) is 0 Å². The number of allylic oxidation sites excluding steroid dienone is 1. The summed E-state index contributed by atoms with van der Waals surface area (Å²) < 4.78 is 0. The molecule has 1 aliphatic rings. The third kappa shape index (κ3) is 2.13. The van der Waals surface area contributed by atoms with Crippen molar-refractivity contribution < 1.29 is 9.90 Å². The minimum atomic E-state index is -1.02. The van der Waals surface area contributed by atoms with Crippen LogP contribution in [0.25, 0.3) is 6.08 Å². The first-order valence-electron chi connectivity index (χ1n) is 7.66. The Morgan fingerprint density at radius 3 is 2.62 bits per heavy atom. The average Bonchev–Trinajstić information content (AvgIpc) is 3.06. The molecule has 4 rings (SSSR count). The third-order valence-corrected chi connectivity index (χ3v) is 4.54. The lowest BCUT2D eigenvalue weighted by Gasteiger charge is -2.34. The zero-order valence-electron chi connectivity index (χ0n) is 12.8. The lowest BCUT2D eigenvalue weighted by Crippen LogP contribution is -2.30. The molecule has 5 nitrogen and oxygen atoms in total. The summed E-state index contributed by atoms with van der Waals surface area (Å²) in [6, 6.07) is 14.1. The molecular weight excluding hydrogens is 302 g/mol. The molecule has 0 spiro atoms. The quantitative estimate of drug-likeness (QED) is 0.778. The predicted octanol–water partition coefficient (Wildman–Crippen LogP) is 3.06. The Hall–Kier alpha value is -3.21. The first kappa shape index (κ1) is 14.4. The summed E-state index contributed by atoms with van der Waals surface area (Å²) in [6.07, 6.45) is 8.12. The van der Waals surface area contributed by atoms with Gasteiger partial charge in [-0.25, -0.2) is 4.79 Å². The van der Waals surface area contributed by atoms with E-state index in [1.165, 1.54) is 0 Å². The standard InChI is InChI=1S/C19H15N3O2/c23-18(24)17-15-8-9-19(11-16(15)21-22-17,13-5-2-1-3-6-13)14-7-4-10-20-12-14/h1-10,12H,11H2,(H,21,22)(H,23,24). The van der Waals surface area contributed by atoms with E-state index < -0.39 is 11.4 Å². The van der Waals surface area contributed by atoms with Crippen molar-refractivity contribution in [2.45, 2.75) is 11.8 Å². The number of carbonyl (C=O) groups is 1. The Labute approximate surface area is 138 Å². The second-order valence-corrected chi connectivity index (χ2v) is 5.86. The maximum absolute atomic E-state index is 11.3. The lowest BCUT2D eigenvalue weighted by molar-refractivity contribution is 0.0690. The normalized spacial score (nSPS) is 19.0. The third-order valence-electron chi connectivity index (χ3n) is 4.54. The number of nitrogens with one attached hydrogen (secondary N) is 1. The summed E-state index contributed by atoms with van der Waals surface area (Å²) in [7, 11) is 0. The molecule has 0 saturated carbocycles. The van der Waals surface area contributed by atoms with Crippen LogP contribution in [-0.2, 0) is 11.8 Å². The number of aromatic amines is 1. The summed E-state index contributed by atoms with van der Waals surface area (Å²) in [5.41, 5.74) is 3.33. The summed E-state index contributed by atoms with van der Waals surface area (Å²) in [4.78, 5) is 15.6. The van der Waals surface area contributed by atoms with E-state index in [9.17, 15) is 9.90 Å². The molecule has 5 heteroatoms. The van der Waals surface area contributed by atoms with Crippen molar-refractivity contribution in [3.05, 3.63) is 89.0 Å². The number of benzene rings is 1. The van der Waals surface area contributed by atoms with Crippen molar-refractivity contribution in [2.24, 2.45) is 0 Å². The van der Waals surface area contributed by atoms with E-state index in [1.807, 2.05) is 42.6 Å². The molecule has 0 aliphatic heterocycles. The molecule has 0 bridgehead atoms. The number of aromatic nitrogens is 3. The minimum absolute atomic E-state index is 0.0640. The van der Waals surface area contributed by atoms with Gasteiger partial charge in [-0.1, -0.05) is 48.6 Å². The van der Waals surface area contributed by atoms with Gasteiger partial charge in [0.15, 0.2) is 5.69 Å². The van der Waals surface area contributed by atoms with Gasteiger partial charge in [-0.2, -0.15) is 5.10 Å². The topological polar surface area (TPSA) is 78.9 Å². The number of carboxylic acids is 1. The summed E-state index contributed by atoms with van der Waals surface area (Å²) in [5.74, 6) is -1.02. The van der Waals surface area contributed by atoms with Crippen molar-refractivity contribution in [2.75, 3.05) is 0 Å². The molecule has 1 aliphatic carbocycles. The number of hydrogen-bond donors (Lipinski definition) is 2. The Bertz CT molecular complexity index is 875. The monoisotopic (exact) mass is 317 g/mol. The van der Waals surface area contributed by atoms with Crippen LogP contribution in [0.1, 0.15) is 32.9 Å². The molecule has 24 heavy (non-hydrogen) atoms. The summed E-state index contributed by atoms with van der Waals surface area (Å²) in [5, 5.41) is 16.1. The van der Waals surface area contributed by atoms with Crippen molar-refractivity contribution in [1.29, 1.82) is 0 Å². The van der Waals surface area contributed by atoms with Crippen LogP contribution in [0.5, 0.6) is 0 Å². The number of pyridine rings is 1. The largest absolute Gasteiger partial charge is 0.476 e. The molecule has 0 radical (unpaired) electrons. The van der Waals surface area contributed by atoms with Crippen LogP contribution in [0.3, 0.4) is 0 Å². The van der Waals surface area contributed by atoms with Crippen molar-refractivity contribution in [1.82, 2.24) is 15.2 Å². The number of H-pyrrole nitrogens is 1. The van der Waals surface area contributed by atoms with Gasteiger partial charge < -0.3 is 5.11 Å². The molecule has 0 fully saturated rings. The summed E-state index contributed by atoms with van der Waals surface area (Å²) in [6.45, 7) is 0. The van der Waals surface area contributed by atoms with Crippen LogP contribution < -0.4 is 0 Å². The van der Waals surface area contributed by atoms with Crippen molar-refractivity contribution in [3.8, 4) is 0 Å². The first-order chi connectivity index (χ1) is 11.7. The zero-order chi connectivity index (χ0) is 16.6. The number of carboxylic acid groups (broad SMARTS) is 1. The fourth-order valence-electron chi connectivity index (χ4n) is 3.35. The van der Waals surface area contributed by atoms with Gasteiger partial charge in [-0.05, 0) is 17.2 Å². The number of hydrogen-bond acceptors (Lipinski definition) is 3. The molecule has 118 valence electrons. The van der Waals surface area contributed by atoms with E-state index in [0.717, 1.165) is 16.8 Å². The molecule has 2 N–H and O–H groups in total. The number of fused-ring (bicyclic) bond motifs is 1. The van der Waals surface area contributed by atoms with Crippen molar-refractivity contribution in [3.63, 3.8) is 0 Å². The minimum Gasteiger partial charge on any atom is -0.476 e. The highest BCUT2D eigenvalue weighted by molar-refractivity contribution is 5.91. The van der Waals surface area contributed by atoms with Crippen LogP contribution in [0.15, 0.2) is 60.9 Å². The predicted molar refractivity (Wildman–Crippen MR) is 89.7 cm³/mol. The second kappa shape index (κ2) is 5.45. The van der Waals surface area contributed by atoms with E-state index in [0.29, 0.717) is 12.0 Å². The smallest absolute Gasteiger partial charge is 0.357 e. The zero-order valence-corrected chi connectivity index (χ0v) is 12.8. The molecule has 2 aromatic heterocycles. The van der Waals surface area contributed by atoms with Gasteiger partial charge >= 0.3 is 5.97 Å². The molecule has 0 amide bonds. The molecule has 1 atom stereocenters. The highest BCUT2D eigenvalue weighted by Gasteiger charge is 2.37. The van der Waals surface area contributed by atoms with E-state index in [4.69, 9.17) is 0 Å². The molecule has 2 heterocycles. The van der Waals surface area contributed by atoms with Crippen LogP contribution in [0.4, 0.5) is 0 Å². The Kier molecular flexibility index (Phi) is 3.27. The Morgan fingerprint density at radius 2 is 1.92 bits per heavy atom. The number of nitrogens with zero attached hydrogens (tertiary/aromatic N) is 2. The number of rotatable bonds is 3. The molecule has 0 saturated heterocycles. The maximum Gasteiger partial charge on any atom is 0.357 e. The van der Waals surface area contributed by atoms with Gasteiger partial charge in [0.25, 0.3) is 0 Å². The van der Waals surface area contributed by atoms with E-state index in [-0.39, 0.29) is 5.69 Å². The number of aromatic carboxylic acids is 1. The van der Waals surface area contributed by atoms with Gasteiger partial charge in [0.1, 0.15) is 0 Å².